The van der Waals surface area contributed by atoms with Gasteiger partial charge in [-0.15, -0.1) is 0 Å². The van der Waals surface area contributed by atoms with Gasteiger partial charge in [-0.2, -0.15) is 0 Å². The van der Waals surface area contributed by atoms with Crippen LogP contribution < -0.4 is 0 Å². The highest BCUT2D eigenvalue weighted by atomic mass is 16.4. The zero-order valence-electron chi connectivity index (χ0n) is 21.6. The summed E-state index contributed by atoms with van der Waals surface area (Å²) in [6.45, 7) is 2.28. The van der Waals surface area contributed by atoms with Crippen LogP contribution in [0.3, 0.4) is 0 Å². The summed E-state index contributed by atoms with van der Waals surface area (Å²) < 4.78 is 0. The van der Waals surface area contributed by atoms with Gasteiger partial charge in [-0.05, 0) is 61.7 Å². The van der Waals surface area contributed by atoms with Crippen LogP contribution in [-0.4, -0.2) is 22.2 Å². The van der Waals surface area contributed by atoms with E-state index in [1.165, 1.54) is 108 Å². The molecule has 3 atom stereocenters. The van der Waals surface area contributed by atoms with Gasteiger partial charge in [0, 0.05) is 12.2 Å². The minimum Gasteiger partial charge on any atom is -0.478 e. The molecule has 0 radical (unpaired) electrons. The van der Waals surface area contributed by atoms with Crippen LogP contribution in [0.5, 0.6) is 0 Å². The molecule has 2 rings (SSSR count). The summed E-state index contributed by atoms with van der Waals surface area (Å²) in [5.41, 5.74) is 0. The molecule has 194 valence electrons. The van der Waals surface area contributed by atoms with Crippen LogP contribution in [0.15, 0.2) is 24.3 Å². The summed E-state index contributed by atoms with van der Waals surface area (Å²) in [5, 5.41) is 18.0. The molecule has 2 aliphatic carbocycles. The number of unbranched alkanes of at least 4 members (excludes halogenated alkanes) is 9. The first-order valence-electron chi connectivity index (χ1n) is 14.3. The Labute approximate surface area is 208 Å². The highest BCUT2D eigenvalue weighted by molar-refractivity contribution is 5.80. The zero-order valence-corrected chi connectivity index (χ0v) is 21.6. The first kappa shape index (κ1) is 28.7. The molecule has 3 unspecified atom stereocenters. The van der Waals surface area contributed by atoms with Gasteiger partial charge in [-0.3, -0.25) is 0 Å². The van der Waals surface area contributed by atoms with Gasteiger partial charge in [0.1, 0.15) is 0 Å². The number of carbonyl (C=O) groups is 2. The first-order chi connectivity index (χ1) is 16.5. The average Bonchev–Trinajstić information content (AvgIpc) is 2.83. The van der Waals surface area contributed by atoms with Crippen LogP contribution >= 0.6 is 0 Å². The van der Waals surface area contributed by atoms with E-state index in [9.17, 15) is 9.59 Å². The highest BCUT2D eigenvalue weighted by Crippen LogP contribution is 2.45. The van der Waals surface area contributed by atoms with Gasteiger partial charge < -0.3 is 10.2 Å². The smallest absolute Gasteiger partial charge is 0.327 e. The number of carboxylic acids is 2. The van der Waals surface area contributed by atoms with Crippen molar-refractivity contribution in [3.8, 4) is 0 Å². The normalized spacial score (nSPS) is 28.0. The van der Waals surface area contributed by atoms with E-state index >= 15 is 0 Å². The molecule has 34 heavy (non-hydrogen) atoms. The van der Waals surface area contributed by atoms with Crippen molar-refractivity contribution in [2.45, 2.75) is 122 Å². The first-order valence-corrected chi connectivity index (χ1v) is 14.3. The van der Waals surface area contributed by atoms with Crippen LogP contribution in [-0.2, 0) is 9.59 Å². The van der Waals surface area contributed by atoms with Crippen molar-refractivity contribution < 1.29 is 19.8 Å². The van der Waals surface area contributed by atoms with E-state index < -0.39 is 11.9 Å². The van der Waals surface area contributed by atoms with Crippen molar-refractivity contribution in [3.63, 3.8) is 0 Å². The van der Waals surface area contributed by atoms with Crippen molar-refractivity contribution >= 4 is 11.9 Å². The predicted molar refractivity (Wildman–Crippen MR) is 140 cm³/mol. The van der Waals surface area contributed by atoms with Gasteiger partial charge in [0.2, 0.25) is 0 Å². The lowest BCUT2D eigenvalue weighted by Crippen LogP contribution is -2.29. The monoisotopic (exact) mass is 474 g/mol. The van der Waals surface area contributed by atoms with Gasteiger partial charge in [0.05, 0.1) is 0 Å². The Morgan fingerprint density at radius 2 is 1.12 bits per heavy atom. The van der Waals surface area contributed by atoms with E-state index in [0.29, 0.717) is 11.8 Å². The summed E-state index contributed by atoms with van der Waals surface area (Å²) in [7, 11) is 0. The van der Waals surface area contributed by atoms with Crippen molar-refractivity contribution in [1.82, 2.24) is 0 Å². The van der Waals surface area contributed by atoms with E-state index in [4.69, 9.17) is 10.2 Å². The summed E-state index contributed by atoms with van der Waals surface area (Å²) in [4.78, 5) is 22.0. The fraction of sp³-hybridized carbons (Fsp3) is 0.800. The number of hydrogen-bond acceptors (Lipinski definition) is 2. The highest BCUT2D eigenvalue weighted by Gasteiger charge is 2.33. The predicted octanol–water partition coefficient (Wildman–Crippen LogP) is 8.42. The van der Waals surface area contributed by atoms with Crippen molar-refractivity contribution in [2.24, 2.45) is 29.6 Å². The molecule has 0 aliphatic heterocycles. The molecule has 0 heterocycles. The minimum absolute atomic E-state index is 0.239. The van der Waals surface area contributed by atoms with Crippen LogP contribution in [0.25, 0.3) is 0 Å². The van der Waals surface area contributed by atoms with Crippen LogP contribution in [0, 0.1) is 29.6 Å². The molecule has 0 amide bonds. The van der Waals surface area contributed by atoms with E-state index in [1.54, 1.807) is 0 Å². The third kappa shape index (κ3) is 12.2. The third-order valence-corrected chi connectivity index (χ3v) is 8.36. The number of aliphatic carboxylic acids is 2. The Hall–Kier alpha value is -1.58. The number of carboxylic acid groups (broad SMARTS) is 2. The third-order valence-electron chi connectivity index (χ3n) is 8.36. The lowest BCUT2D eigenvalue weighted by molar-refractivity contribution is -0.132. The lowest BCUT2D eigenvalue weighted by Gasteiger charge is -2.40. The second-order valence-corrected chi connectivity index (χ2v) is 11.1. The largest absolute Gasteiger partial charge is 0.478 e. The number of allylic oxidation sites excluding steroid dienone is 2. The Balaban J connectivity index is 1.67. The fourth-order valence-electron chi connectivity index (χ4n) is 6.46. The summed E-state index contributed by atoms with van der Waals surface area (Å²) in [5.74, 6) is 0.869. The summed E-state index contributed by atoms with van der Waals surface area (Å²) in [6.07, 6.45) is 29.8. The molecule has 0 bridgehead atoms. The topological polar surface area (TPSA) is 74.6 Å². The Morgan fingerprint density at radius 3 is 1.59 bits per heavy atom. The second kappa shape index (κ2) is 16.9. The van der Waals surface area contributed by atoms with E-state index in [2.05, 4.69) is 6.92 Å². The maximum absolute atomic E-state index is 11.0. The molecular weight excluding hydrogens is 424 g/mol. The van der Waals surface area contributed by atoms with Crippen molar-refractivity contribution in [3.05, 3.63) is 24.3 Å². The molecule has 4 heteroatoms. The maximum Gasteiger partial charge on any atom is 0.327 e. The van der Waals surface area contributed by atoms with Gasteiger partial charge in [-0.1, -0.05) is 103 Å². The van der Waals surface area contributed by atoms with Gasteiger partial charge in [0.15, 0.2) is 0 Å². The molecule has 0 spiro atoms. The van der Waals surface area contributed by atoms with Gasteiger partial charge in [-0.25, -0.2) is 9.59 Å². The average molecular weight is 475 g/mol. The fourth-order valence-corrected chi connectivity index (χ4v) is 6.46. The van der Waals surface area contributed by atoms with Gasteiger partial charge >= 0.3 is 11.9 Å². The Kier molecular flexibility index (Phi) is 14.3. The quantitative estimate of drug-likeness (QED) is 0.174. The van der Waals surface area contributed by atoms with Crippen LogP contribution in [0.4, 0.5) is 0 Å². The van der Waals surface area contributed by atoms with Crippen LogP contribution in [0.2, 0.25) is 0 Å². The molecule has 2 saturated carbocycles. The van der Waals surface area contributed by atoms with Crippen LogP contribution in [0.1, 0.15) is 122 Å². The van der Waals surface area contributed by atoms with E-state index in [1.807, 2.05) is 12.2 Å². The molecule has 2 fully saturated rings. The Morgan fingerprint density at radius 1 is 0.647 bits per heavy atom. The molecule has 0 aromatic rings. The molecule has 2 aliphatic rings. The zero-order chi connectivity index (χ0) is 24.6. The molecule has 2 N–H and O–H groups in total. The summed E-state index contributed by atoms with van der Waals surface area (Å²) >= 11 is 0. The molecule has 0 aromatic carbocycles. The molecule has 0 aromatic heterocycles. The van der Waals surface area contributed by atoms with Gasteiger partial charge in [0.25, 0.3) is 0 Å². The standard InChI is InChI=1S/C30H50O4/c1-2-3-4-5-6-7-8-9-10-11-12-24-13-17-27(18-14-24)28-22-25(15-19-29(31)32)21-26(23-28)16-20-30(33)34/h15-16,19-20,24-28H,2-14,17-18,21-23H2,1H3,(H,31,32)(H,33,34)/b19-15-,20-16?. The minimum atomic E-state index is -0.896. The Bertz CT molecular complexity index is 598. The lowest BCUT2D eigenvalue weighted by atomic mass is 9.65. The van der Waals surface area contributed by atoms with E-state index in [-0.39, 0.29) is 11.8 Å². The number of rotatable bonds is 16. The summed E-state index contributed by atoms with van der Waals surface area (Å²) in [6, 6.07) is 0. The van der Waals surface area contributed by atoms with E-state index in [0.717, 1.165) is 25.2 Å². The van der Waals surface area contributed by atoms with Crippen molar-refractivity contribution in [2.75, 3.05) is 0 Å². The maximum atomic E-state index is 11.0. The van der Waals surface area contributed by atoms with Crippen molar-refractivity contribution in [1.29, 1.82) is 0 Å². The SMILES string of the molecule is CCCCCCCCCCCCC1CCC(C2CC(C=CC(=O)O)CC(/C=C\C(=O)O)C2)CC1. The molecule has 4 nitrogen and oxygen atoms in total. The second-order valence-electron chi connectivity index (χ2n) is 11.1. The molecular formula is C30H50O4. The molecule has 0 saturated heterocycles. The number of hydrogen-bond donors (Lipinski definition) is 2.